The molecule has 3 N–H and O–H groups in total. The van der Waals surface area contributed by atoms with E-state index in [1.54, 1.807) is 17.0 Å². The lowest BCUT2D eigenvalue weighted by Crippen LogP contribution is -2.49. The average Bonchev–Trinajstić information content (AvgIpc) is 2.84. The van der Waals surface area contributed by atoms with Gasteiger partial charge in [-0.15, -0.1) is 0 Å². The summed E-state index contributed by atoms with van der Waals surface area (Å²) in [5.74, 6) is -1.01. The average molecular weight is 519 g/mol. The number of hydrogen-bond acceptors (Lipinski definition) is 6. The van der Waals surface area contributed by atoms with Crippen molar-refractivity contribution in [2.75, 3.05) is 48.8 Å². The zero-order chi connectivity index (χ0) is 26.9. The van der Waals surface area contributed by atoms with Gasteiger partial charge in [0.2, 0.25) is 5.56 Å². The predicted molar refractivity (Wildman–Crippen MR) is 134 cm³/mol. The molecule has 2 aromatic heterocycles. The Kier molecular flexibility index (Phi) is 7.21. The number of halogens is 4. The highest BCUT2D eigenvalue weighted by molar-refractivity contribution is 6.07. The van der Waals surface area contributed by atoms with Crippen molar-refractivity contribution >= 4 is 23.1 Å². The number of benzene rings is 1. The summed E-state index contributed by atoms with van der Waals surface area (Å²) in [6, 6.07) is 6.43. The molecule has 0 unspecified atom stereocenters. The molecule has 3 aromatic rings. The molecule has 0 aliphatic carbocycles. The molecule has 0 radical (unpaired) electrons. The summed E-state index contributed by atoms with van der Waals surface area (Å²) in [5.41, 5.74) is -2.09. The van der Waals surface area contributed by atoms with Crippen LogP contribution >= 0.6 is 0 Å². The molecule has 196 valence electrons. The molecule has 0 bridgehead atoms. The predicted octanol–water partition coefficient (Wildman–Crippen LogP) is 3.71. The number of piperazine rings is 1. The molecule has 1 saturated heterocycles. The van der Waals surface area contributed by atoms with Gasteiger partial charge in [-0.1, -0.05) is 0 Å². The SMILES string of the molecule is C[C@H]1CN(c2cc(F)c(-c3ccc(N(C)C)nc3)cc2NC(=O)c2c[nH]c(=O)cc2C(F)(F)F)CCN1. The number of carbonyl (C=O) groups is 1. The molecule has 1 aromatic carbocycles. The molecule has 1 fully saturated rings. The number of hydrogen-bond donors (Lipinski definition) is 3. The number of alkyl halides is 3. The summed E-state index contributed by atoms with van der Waals surface area (Å²) >= 11 is 0. The van der Waals surface area contributed by atoms with Crippen LogP contribution in [0.5, 0.6) is 0 Å². The van der Waals surface area contributed by atoms with Crippen LogP contribution in [0.4, 0.5) is 34.8 Å². The van der Waals surface area contributed by atoms with Gasteiger partial charge in [0.05, 0.1) is 22.5 Å². The lowest BCUT2D eigenvalue weighted by Gasteiger charge is -2.35. The highest BCUT2D eigenvalue weighted by Crippen LogP contribution is 2.36. The van der Waals surface area contributed by atoms with Gasteiger partial charge in [0.25, 0.3) is 5.91 Å². The number of anilines is 3. The van der Waals surface area contributed by atoms with E-state index in [9.17, 15) is 22.8 Å². The summed E-state index contributed by atoms with van der Waals surface area (Å²) in [5, 5.41) is 5.79. The number of nitrogens with zero attached hydrogens (tertiary/aromatic N) is 3. The van der Waals surface area contributed by atoms with Crippen LogP contribution in [0.25, 0.3) is 11.1 Å². The summed E-state index contributed by atoms with van der Waals surface area (Å²) in [6.07, 6.45) is -2.72. The fourth-order valence-corrected chi connectivity index (χ4v) is 4.19. The smallest absolute Gasteiger partial charge is 0.367 e. The third-order valence-corrected chi connectivity index (χ3v) is 6.03. The number of aromatic amines is 1. The highest BCUT2D eigenvalue weighted by Gasteiger charge is 2.36. The zero-order valence-electron chi connectivity index (χ0n) is 20.4. The van der Waals surface area contributed by atoms with Crippen molar-refractivity contribution in [3.8, 4) is 11.1 Å². The summed E-state index contributed by atoms with van der Waals surface area (Å²) in [4.78, 5) is 34.6. The second-order valence-electron chi connectivity index (χ2n) is 9.03. The van der Waals surface area contributed by atoms with Crippen molar-refractivity contribution in [1.29, 1.82) is 0 Å². The standard InChI is InChI=1S/C25H26F4N6O2/c1-14-13-35(7-6-30-14)21-10-19(26)16(15-4-5-22(31-11-15)34(2)3)8-20(21)33-24(37)17-12-32-23(36)9-18(17)25(27,28)29/h4-5,8-12,14,30H,6-7,13H2,1-3H3,(H,32,36)(H,33,37)/t14-/m0/s1. The lowest BCUT2D eigenvalue weighted by molar-refractivity contribution is -0.138. The monoisotopic (exact) mass is 518 g/mol. The first-order valence-electron chi connectivity index (χ1n) is 11.5. The number of pyridine rings is 2. The molecule has 8 nitrogen and oxygen atoms in total. The van der Waals surface area contributed by atoms with Gasteiger partial charge in [-0.2, -0.15) is 13.2 Å². The molecule has 1 aliphatic heterocycles. The summed E-state index contributed by atoms with van der Waals surface area (Å²) < 4.78 is 56.1. The van der Waals surface area contributed by atoms with E-state index in [1.807, 2.05) is 25.9 Å². The first kappa shape index (κ1) is 26.1. The summed E-state index contributed by atoms with van der Waals surface area (Å²) in [6.45, 7) is 3.54. The van der Waals surface area contributed by atoms with E-state index >= 15 is 4.39 Å². The number of aromatic nitrogens is 2. The fourth-order valence-electron chi connectivity index (χ4n) is 4.19. The fraction of sp³-hybridized carbons (Fsp3) is 0.320. The Labute approximate surface area is 210 Å². The summed E-state index contributed by atoms with van der Waals surface area (Å²) in [7, 11) is 3.62. The van der Waals surface area contributed by atoms with Crippen molar-refractivity contribution in [3.05, 3.63) is 70.0 Å². The maximum atomic E-state index is 15.4. The van der Waals surface area contributed by atoms with E-state index in [0.717, 1.165) is 6.20 Å². The Balaban J connectivity index is 1.79. The molecule has 1 aliphatic rings. The van der Waals surface area contributed by atoms with E-state index in [0.29, 0.717) is 42.8 Å². The highest BCUT2D eigenvalue weighted by atomic mass is 19.4. The van der Waals surface area contributed by atoms with Crippen LogP contribution in [0.2, 0.25) is 0 Å². The molecule has 1 amide bonds. The van der Waals surface area contributed by atoms with Crippen LogP contribution in [0.3, 0.4) is 0 Å². The normalized spacial score (nSPS) is 16.0. The van der Waals surface area contributed by atoms with E-state index in [1.165, 1.54) is 18.3 Å². The number of H-pyrrole nitrogens is 1. The molecule has 12 heteroatoms. The van der Waals surface area contributed by atoms with Crippen LogP contribution in [-0.4, -0.2) is 55.6 Å². The van der Waals surface area contributed by atoms with Crippen molar-refractivity contribution in [3.63, 3.8) is 0 Å². The minimum Gasteiger partial charge on any atom is -0.367 e. The van der Waals surface area contributed by atoms with Gasteiger partial charge in [0.1, 0.15) is 11.6 Å². The quantitative estimate of drug-likeness (QED) is 0.446. The van der Waals surface area contributed by atoms with Crippen molar-refractivity contribution in [2.24, 2.45) is 0 Å². The minimum atomic E-state index is -4.93. The Morgan fingerprint density at radius 3 is 2.59 bits per heavy atom. The van der Waals surface area contributed by atoms with Crippen LogP contribution in [-0.2, 0) is 6.18 Å². The first-order chi connectivity index (χ1) is 17.4. The minimum absolute atomic E-state index is 0.0684. The molecule has 0 saturated carbocycles. The van der Waals surface area contributed by atoms with Crippen LogP contribution in [0.15, 0.2) is 47.5 Å². The van der Waals surface area contributed by atoms with Crippen molar-refractivity contribution in [2.45, 2.75) is 19.1 Å². The van der Waals surface area contributed by atoms with E-state index in [4.69, 9.17) is 0 Å². The second-order valence-corrected chi connectivity index (χ2v) is 9.03. The molecule has 0 spiro atoms. The van der Waals surface area contributed by atoms with E-state index in [-0.39, 0.29) is 17.3 Å². The van der Waals surface area contributed by atoms with Crippen LogP contribution < -0.4 is 26.0 Å². The Morgan fingerprint density at radius 2 is 1.97 bits per heavy atom. The topological polar surface area (TPSA) is 93.4 Å². The van der Waals surface area contributed by atoms with Gasteiger partial charge in [-0.3, -0.25) is 9.59 Å². The molecular formula is C25H26F4N6O2. The third kappa shape index (κ3) is 5.74. The van der Waals surface area contributed by atoms with Gasteiger partial charge in [-0.25, -0.2) is 9.37 Å². The van der Waals surface area contributed by atoms with Gasteiger partial charge in [-0.05, 0) is 31.2 Å². The lowest BCUT2D eigenvalue weighted by atomic mass is 10.0. The molecule has 4 rings (SSSR count). The van der Waals surface area contributed by atoms with E-state index in [2.05, 4.69) is 20.6 Å². The van der Waals surface area contributed by atoms with Gasteiger partial charge in [0, 0.05) is 69.4 Å². The maximum Gasteiger partial charge on any atom is 0.417 e. The molecular weight excluding hydrogens is 492 g/mol. The number of rotatable bonds is 5. The maximum absolute atomic E-state index is 15.4. The van der Waals surface area contributed by atoms with Crippen molar-refractivity contribution < 1.29 is 22.4 Å². The van der Waals surface area contributed by atoms with Crippen molar-refractivity contribution in [1.82, 2.24) is 15.3 Å². The van der Waals surface area contributed by atoms with Crippen LogP contribution in [0, 0.1) is 5.82 Å². The Morgan fingerprint density at radius 1 is 1.22 bits per heavy atom. The first-order valence-corrected chi connectivity index (χ1v) is 11.5. The van der Waals surface area contributed by atoms with Gasteiger partial charge < -0.3 is 25.4 Å². The Hall–Kier alpha value is -3.93. The molecule has 37 heavy (non-hydrogen) atoms. The number of amides is 1. The number of nitrogens with one attached hydrogen (secondary N) is 3. The Bertz CT molecular complexity index is 1350. The third-order valence-electron chi connectivity index (χ3n) is 6.03. The molecule has 3 heterocycles. The zero-order valence-corrected chi connectivity index (χ0v) is 20.4. The van der Waals surface area contributed by atoms with Gasteiger partial charge >= 0.3 is 6.18 Å². The van der Waals surface area contributed by atoms with Gasteiger partial charge in [0.15, 0.2) is 0 Å². The largest absolute Gasteiger partial charge is 0.417 e. The molecule has 1 atom stereocenters. The second kappa shape index (κ2) is 10.2. The number of carbonyl (C=O) groups excluding carboxylic acids is 1. The van der Waals surface area contributed by atoms with E-state index < -0.39 is 34.6 Å². The van der Waals surface area contributed by atoms with Crippen LogP contribution in [0.1, 0.15) is 22.8 Å².